The quantitative estimate of drug-likeness (QED) is 0.401. The molecular weight excluding hydrogens is 447 g/mol. The first kappa shape index (κ1) is 28.6. The summed E-state index contributed by atoms with van der Waals surface area (Å²) in [7, 11) is -1.89. The molecule has 2 fully saturated rings. The minimum Gasteiger partial charge on any atom is -0.414 e. The van der Waals surface area contributed by atoms with Gasteiger partial charge in [-0.25, -0.2) is 0 Å². The zero-order chi connectivity index (χ0) is 25.5. The topological polar surface area (TPSA) is 58.6 Å². The van der Waals surface area contributed by atoms with E-state index in [0.717, 1.165) is 38.5 Å². The van der Waals surface area contributed by atoms with E-state index < -0.39 is 32.4 Å². The molecule has 0 spiro atoms. The van der Waals surface area contributed by atoms with Gasteiger partial charge in [0.2, 0.25) is 5.91 Å². The van der Waals surface area contributed by atoms with Crippen molar-refractivity contribution in [1.82, 2.24) is 5.32 Å². The number of aliphatic hydroxyl groups is 1. The van der Waals surface area contributed by atoms with Crippen LogP contribution in [0.25, 0.3) is 0 Å². The molecule has 0 bridgehead atoms. The Balaban J connectivity index is 2.07. The van der Waals surface area contributed by atoms with Crippen molar-refractivity contribution in [1.29, 1.82) is 0 Å². The molecule has 4 nitrogen and oxygen atoms in total. The van der Waals surface area contributed by atoms with Gasteiger partial charge in [-0.2, -0.15) is 13.2 Å². The Bertz CT molecular complexity index is 689. The highest BCUT2D eigenvalue weighted by atomic mass is 28.4. The maximum atomic E-state index is 12.9. The van der Waals surface area contributed by atoms with Gasteiger partial charge in [0.05, 0.1) is 6.42 Å². The highest BCUT2D eigenvalue weighted by Crippen LogP contribution is 2.57. The van der Waals surface area contributed by atoms with E-state index in [1.807, 2.05) is 0 Å². The largest absolute Gasteiger partial charge is 0.417 e. The fraction of sp³-hybridized carbons (Fsp3) is 0.960. The van der Waals surface area contributed by atoms with Gasteiger partial charge in [-0.15, -0.1) is 0 Å². The molecule has 194 valence electrons. The van der Waals surface area contributed by atoms with Crippen LogP contribution in [0.15, 0.2) is 0 Å². The van der Waals surface area contributed by atoms with E-state index in [-0.39, 0.29) is 22.5 Å². The molecule has 1 amide bonds. The first-order valence-electron chi connectivity index (χ1n) is 12.6. The van der Waals surface area contributed by atoms with Crippen molar-refractivity contribution in [2.45, 2.75) is 123 Å². The summed E-state index contributed by atoms with van der Waals surface area (Å²) in [4.78, 5) is 12.2. The van der Waals surface area contributed by atoms with Crippen LogP contribution in [0.3, 0.4) is 0 Å². The number of nitrogens with one attached hydrogen (secondary N) is 1. The molecular formula is C25H46F3NO3Si. The first-order valence-corrected chi connectivity index (χ1v) is 15.5. The van der Waals surface area contributed by atoms with Gasteiger partial charge in [-0.1, -0.05) is 47.5 Å². The molecule has 2 saturated carbocycles. The summed E-state index contributed by atoms with van der Waals surface area (Å²) < 4.78 is 45.6. The van der Waals surface area contributed by atoms with Crippen LogP contribution in [-0.2, 0) is 9.22 Å². The average molecular weight is 494 g/mol. The van der Waals surface area contributed by atoms with E-state index >= 15 is 0 Å². The summed E-state index contributed by atoms with van der Waals surface area (Å²) in [6, 6.07) is 0. The fourth-order valence-electron chi connectivity index (χ4n) is 5.88. The maximum Gasteiger partial charge on any atom is 0.417 e. The van der Waals surface area contributed by atoms with Gasteiger partial charge in [0.1, 0.15) is 0 Å². The van der Waals surface area contributed by atoms with E-state index in [9.17, 15) is 23.1 Å². The van der Waals surface area contributed by atoms with Crippen LogP contribution in [0.1, 0.15) is 86.5 Å². The Labute approximate surface area is 199 Å². The predicted molar refractivity (Wildman–Crippen MR) is 128 cm³/mol. The Morgan fingerprint density at radius 1 is 1.15 bits per heavy atom. The fourth-order valence-corrected chi connectivity index (χ4v) is 7.27. The molecule has 33 heavy (non-hydrogen) atoms. The van der Waals surface area contributed by atoms with Crippen molar-refractivity contribution >= 4 is 14.2 Å². The minimum absolute atomic E-state index is 0.102. The summed E-state index contributed by atoms with van der Waals surface area (Å²) >= 11 is 0. The third-order valence-corrected chi connectivity index (χ3v) is 13.6. The second-order valence-corrected chi connectivity index (χ2v) is 17.4. The molecule has 8 heteroatoms. The highest BCUT2D eigenvalue weighted by Gasteiger charge is 2.53. The molecule has 0 aliphatic heterocycles. The molecule has 2 rings (SSSR count). The van der Waals surface area contributed by atoms with Crippen LogP contribution in [0.2, 0.25) is 18.1 Å². The van der Waals surface area contributed by atoms with Crippen LogP contribution in [0.4, 0.5) is 13.2 Å². The van der Waals surface area contributed by atoms with Crippen LogP contribution in [-0.4, -0.2) is 43.8 Å². The van der Waals surface area contributed by atoms with Crippen molar-refractivity contribution in [2.24, 2.45) is 23.2 Å². The predicted octanol–water partition coefficient (Wildman–Crippen LogP) is 6.44. The number of rotatable bonds is 7. The third-order valence-electron chi connectivity index (χ3n) is 9.05. The van der Waals surface area contributed by atoms with E-state index in [0.29, 0.717) is 25.3 Å². The van der Waals surface area contributed by atoms with Gasteiger partial charge in [-0.05, 0) is 73.9 Å². The van der Waals surface area contributed by atoms with E-state index in [2.05, 4.69) is 53.0 Å². The number of hydrogen-bond acceptors (Lipinski definition) is 3. The van der Waals surface area contributed by atoms with Crippen LogP contribution >= 0.6 is 0 Å². The second-order valence-electron chi connectivity index (χ2n) is 12.7. The Kier molecular flexibility index (Phi) is 8.51. The summed E-state index contributed by atoms with van der Waals surface area (Å²) in [6.07, 6.45) is 1.13. The molecule has 0 heterocycles. The Morgan fingerprint density at radius 3 is 2.30 bits per heavy atom. The standard InChI is InChI=1S/C25H46F3NO3Si/c1-17(16-29-21(30)15-24(6,31)25(26,27)28)18-11-9-12-19-20(13-10-14-23(18,19)5)32-33(7,8)22(2,3)4/h17-20,31H,9-16H2,1-8H3,(H,29,30)/t17-,18-,19+,20+,23-,24-/m1/s1. The normalized spacial score (nSPS) is 31.9. The lowest BCUT2D eigenvalue weighted by Gasteiger charge is -2.56. The number of hydrogen-bond donors (Lipinski definition) is 2. The van der Waals surface area contributed by atoms with Gasteiger partial charge >= 0.3 is 6.18 Å². The molecule has 2 aliphatic rings. The zero-order valence-electron chi connectivity index (χ0n) is 21.9. The zero-order valence-corrected chi connectivity index (χ0v) is 22.9. The lowest BCUT2D eigenvalue weighted by molar-refractivity contribution is -0.253. The van der Waals surface area contributed by atoms with E-state index in [1.165, 1.54) is 0 Å². The molecule has 0 radical (unpaired) electrons. The van der Waals surface area contributed by atoms with Crippen molar-refractivity contribution in [3.05, 3.63) is 0 Å². The first-order chi connectivity index (χ1) is 14.8. The second kappa shape index (κ2) is 9.80. The van der Waals surface area contributed by atoms with Gasteiger partial charge in [0, 0.05) is 12.6 Å². The number of alkyl halides is 3. The van der Waals surface area contributed by atoms with Gasteiger partial charge in [0.15, 0.2) is 13.9 Å². The average Bonchev–Trinajstić information content (AvgIpc) is 2.63. The minimum atomic E-state index is -4.83. The summed E-state index contributed by atoms with van der Waals surface area (Å²) in [5.41, 5.74) is -2.91. The molecule has 2 N–H and O–H groups in total. The third kappa shape index (κ3) is 6.34. The molecule has 0 aromatic rings. The van der Waals surface area contributed by atoms with Gasteiger partial charge in [0.25, 0.3) is 0 Å². The smallest absolute Gasteiger partial charge is 0.414 e. The number of halogens is 3. The van der Waals surface area contributed by atoms with Crippen LogP contribution < -0.4 is 5.32 Å². The summed E-state index contributed by atoms with van der Waals surface area (Å²) in [6.45, 7) is 16.9. The maximum absolute atomic E-state index is 12.9. The van der Waals surface area contributed by atoms with Crippen molar-refractivity contribution < 1.29 is 27.5 Å². The molecule has 0 unspecified atom stereocenters. The van der Waals surface area contributed by atoms with Crippen LogP contribution in [0.5, 0.6) is 0 Å². The van der Waals surface area contributed by atoms with E-state index in [1.54, 1.807) is 0 Å². The van der Waals surface area contributed by atoms with Crippen molar-refractivity contribution in [3.63, 3.8) is 0 Å². The summed E-state index contributed by atoms with van der Waals surface area (Å²) in [5, 5.41) is 12.4. The SMILES string of the molecule is C[C@H](CNC(=O)C[C@@](C)(O)C(F)(F)F)[C@H]1CCC[C@H]2[C@@H](O[Si](C)(C)C(C)(C)C)CCC[C@]12C. The van der Waals surface area contributed by atoms with Crippen molar-refractivity contribution in [2.75, 3.05) is 6.54 Å². The number of carbonyl (C=O) groups is 1. The lowest BCUT2D eigenvalue weighted by Crippen LogP contribution is -2.55. The molecule has 6 atom stereocenters. The number of fused-ring (bicyclic) bond motifs is 1. The highest BCUT2D eigenvalue weighted by molar-refractivity contribution is 6.74. The monoisotopic (exact) mass is 493 g/mol. The number of carbonyl (C=O) groups excluding carboxylic acids is 1. The number of amides is 1. The summed E-state index contributed by atoms with van der Waals surface area (Å²) in [5.74, 6) is 0.238. The van der Waals surface area contributed by atoms with E-state index in [4.69, 9.17) is 4.43 Å². The lowest BCUT2D eigenvalue weighted by atomic mass is 9.52. The molecule has 0 aromatic carbocycles. The molecule has 0 saturated heterocycles. The van der Waals surface area contributed by atoms with Gasteiger partial charge in [-0.3, -0.25) is 4.79 Å². The molecule has 2 aliphatic carbocycles. The van der Waals surface area contributed by atoms with Crippen LogP contribution in [0, 0.1) is 23.2 Å². The Hall–Kier alpha value is -0.603. The Morgan fingerprint density at radius 2 is 1.76 bits per heavy atom. The van der Waals surface area contributed by atoms with Crippen molar-refractivity contribution in [3.8, 4) is 0 Å². The molecule has 0 aromatic heterocycles. The van der Waals surface area contributed by atoms with Gasteiger partial charge < -0.3 is 14.8 Å².